The number of carbonyl (C=O) groups excluding carboxylic acids is 1. The molecule has 0 bridgehead atoms. The molecule has 1 aromatic carbocycles. The number of benzene rings is 1. The molecule has 0 radical (unpaired) electrons. The molecule has 0 aliphatic carbocycles. The lowest BCUT2D eigenvalue weighted by Crippen LogP contribution is -2.37. The summed E-state index contributed by atoms with van der Waals surface area (Å²) in [5, 5.41) is 0. The van der Waals surface area contributed by atoms with Crippen LogP contribution >= 0.6 is 0 Å². The first-order valence-corrected chi connectivity index (χ1v) is 7.68. The van der Waals surface area contributed by atoms with E-state index in [2.05, 4.69) is 11.8 Å². The first-order chi connectivity index (χ1) is 9.78. The SMILES string of the molecule is CN(C)C(=O)CN(C)S(=O)(=O)c1cccc(C#CCN)c1. The molecule has 0 spiro atoms. The Morgan fingerprint density at radius 3 is 2.52 bits per heavy atom. The van der Waals surface area contributed by atoms with Crippen molar-refractivity contribution in [2.75, 3.05) is 34.2 Å². The number of amides is 1. The van der Waals surface area contributed by atoms with Gasteiger partial charge in [0.05, 0.1) is 18.0 Å². The molecule has 6 nitrogen and oxygen atoms in total. The first-order valence-electron chi connectivity index (χ1n) is 6.24. The molecule has 0 aromatic heterocycles. The molecule has 0 unspecified atom stereocenters. The molecule has 7 heteroatoms. The van der Waals surface area contributed by atoms with E-state index in [4.69, 9.17) is 5.73 Å². The molecule has 0 atom stereocenters. The second-order valence-corrected chi connectivity index (χ2v) is 6.63. The fourth-order valence-electron chi connectivity index (χ4n) is 1.48. The van der Waals surface area contributed by atoms with E-state index in [1.54, 1.807) is 26.2 Å². The molecule has 0 aliphatic heterocycles. The third-order valence-corrected chi connectivity index (χ3v) is 4.53. The second kappa shape index (κ2) is 7.22. The topological polar surface area (TPSA) is 83.7 Å². The van der Waals surface area contributed by atoms with Crippen molar-refractivity contribution in [1.82, 2.24) is 9.21 Å². The highest BCUT2D eigenvalue weighted by Gasteiger charge is 2.23. The van der Waals surface area contributed by atoms with Gasteiger partial charge in [0.25, 0.3) is 0 Å². The zero-order valence-corrected chi connectivity index (χ0v) is 13.1. The van der Waals surface area contributed by atoms with Crippen molar-refractivity contribution in [1.29, 1.82) is 0 Å². The number of nitrogens with zero attached hydrogens (tertiary/aromatic N) is 2. The highest BCUT2D eigenvalue weighted by Crippen LogP contribution is 2.15. The molecule has 0 fully saturated rings. The zero-order valence-electron chi connectivity index (χ0n) is 12.3. The summed E-state index contributed by atoms with van der Waals surface area (Å²) in [6.07, 6.45) is 0. The number of rotatable bonds is 4. The van der Waals surface area contributed by atoms with Crippen molar-refractivity contribution in [3.05, 3.63) is 29.8 Å². The minimum Gasteiger partial charge on any atom is -0.348 e. The van der Waals surface area contributed by atoms with Gasteiger partial charge in [0, 0.05) is 26.7 Å². The van der Waals surface area contributed by atoms with Crippen molar-refractivity contribution < 1.29 is 13.2 Å². The Morgan fingerprint density at radius 2 is 1.95 bits per heavy atom. The van der Waals surface area contributed by atoms with Gasteiger partial charge in [-0.05, 0) is 18.2 Å². The summed E-state index contributed by atoms with van der Waals surface area (Å²) >= 11 is 0. The number of hydrogen-bond donors (Lipinski definition) is 1. The molecule has 0 aliphatic rings. The van der Waals surface area contributed by atoms with Gasteiger partial charge in [0.15, 0.2) is 0 Å². The van der Waals surface area contributed by atoms with Gasteiger partial charge in [0.2, 0.25) is 15.9 Å². The van der Waals surface area contributed by atoms with E-state index >= 15 is 0 Å². The monoisotopic (exact) mass is 309 g/mol. The van der Waals surface area contributed by atoms with Crippen LogP contribution in [0.3, 0.4) is 0 Å². The molecular formula is C14H19N3O3S. The maximum atomic E-state index is 12.4. The second-order valence-electron chi connectivity index (χ2n) is 4.58. The summed E-state index contributed by atoms with van der Waals surface area (Å²) in [6.45, 7) is -0.0117. The van der Waals surface area contributed by atoms with Crippen LogP contribution < -0.4 is 5.73 Å². The van der Waals surface area contributed by atoms with E-state index in [0.29, 0.717) is 5.56 Å². The van der Waals surface area contributed by atoms with Crippen LogP contribution in [-0.2, 0) is 14.8 Å². The van der Waals surface area contributed by atoms with Gasteiger partial charge < -0.3 is 10.6 Å². The highest BCUT2D eigenvalue weighted by molar-refractivity contribution is 7.89. The lowest BCUT2D eigenvalue weighted by atomic mass is 10.2. The predicted octanol–water partition coefficient (Wildman–Crippen LogP) is -0.294. The van der Waals surface area contributed by atoms with Crippen LogP contribution in [0.2, 0.25) is 0 Å². The normalized spacial score (nSPS) is 10.9. The van der Waals surface area contributed by atoms with Crippen LogP contribution in [0.15, 0.2) is 29.2 Å². The third-order valence-electron chi connectivity index (χ3n) is 2.73. The van der Waals surface area contributed by atoms with Crippen molar-refractivity contribution in [3.8, 4) is 11.8 Å². The van der Waals surface area contributed by atoms with Gasteiger partial charge in [-0.15, -0.1) is 0 Å². The van der Waals surface area contributed by atoms with Gasteiger partial charge in [-0.1, -0.05) is 17.9 Å². The largest absolute Gasteiger partial charge is 0.348 e. The van der Waals surface area contributed by atoms with Crippen LogP contribution in [0, 0.1) is 11.8 Å². The molecule has 1 rings (SSSR count). The number of nitrogens with two attached hydrogens (primary N) is 1. The Hall–Kier alpha value is -1.88. The molecule has 0 saturated carbocycles. The van der Waals surface area contributed by atoms with Crippen LogP contribution in [0.4, 0.5) is 0 Å². The Labute approximate surface area is 125 Å². The Morgan fingerprint density at radius 1 is 1.29 bits per heavy atom. The van der Waals surface area contributed by atoms with E-state index in [1.807, 2.05) is 0 Å². The summed E-state index contributed by atoms with van der Waals surface area (Å²) in [5.41, 5.74) is 5.85. The Kier molecular flexibility index (Phi) is 5.90. The highest BCUT2D eigenvalue weighted by atomic mass is 32.2. The van der Waals surface area contributed by atoms with Crippen molar-refractivity contribution in [3.63, 3.8) is 0 Å². The average molecular weight is 309 g/mol. The molecule has 1 amide bonds. The van der Waals surface area contributed by atoms with E-state index in [0.717, 1.165) is 4.31 Å². The third kappa shape index (κ3) is 4.56. The molecule has 1 aromatic rings. The summed E-state index contributed by atoms with van der Waals surface area (Å²) in [6, 6.07) is 6.25. The maximum Gasteiger partial charge on any atom is 0.243 e. The van der Waals surface area contributed by atoms with Crippen molar-refractivity contribution in [2.45, 2.75) is 4.90 Å². The van der Waals surface area contributed by atoms with Crippen molar-refractivity contribution >= 4 is 15.9 Å². The standard InChI is InChI=1S/C14H19N3O3S/c1-16(2)14(18)11-17(3)21(19,20)13-8-4-6-12(10-13)7-5-9-15/h4,6,8,10H,9,11,15H2,1-3H3. The van der Waals surface area contributed by atoms with Crippen LogP contribution in [0.25, 0.3) is 0 Å². The van der Waals surface area contributed by atoms with Gasteiger partial charge in [0.1, 0.15) is 0 Å². The smallest absolute Gasteiger partial charge is 0.243 e. The summed E-state index contributed by atoms with van der Waals surface area (Å²) in [4.78, 5) is 13.1. The van der Waals surface area contributed by atoms with Gasteiger partial charge in [-0.25, -0.2) is 8.42 Å². The Balaban J connectivity index is 3.05. The lowest BCUT2D eigenvalue weighted by Gasteiger charge is -2.19. The predicted molar refractivity (Wildman–Crippen MR) is 80.9 cm³/mol. The minimum atomic E-state index is -3.73. The fourth-order valence-corrected chi connectivity index (χ4v) is 2.65. The maximum absolute atomic E-state index is 12.4. The average Bonchev–Trinajstić information content (AvgIpc) is 2.45. The zero-order chi connectivity index (χ0) is 16.0. The van der Waals surface area contributed by atoms with Gasteiger partial charge >= 0.3 is 0 Å². The van der Waals surface area contributed by atoms with Crippen LogP contribution in [0.1, 0.15) is 5.56 Å². The van der Waals surface area contributed by atoms with Crippen molar-refractivity contribution in [2.24, 2.45) is 5.73 Å². The number of likely N-dealkylation sites (N-methyl/N-ethyl adjacent to an activating group) is 2. The van der Waals surface area contributed by atoms with Gasteiger partial charge in [-0.2, -0.15) is 4.31 Å². The van der Waals surface area contributed by atoms with Crippen LogP contribution in [0.5, 0.6) is 0 Å². The summed E-state index contributed by atoms with van der Waals surface area (Å²) < 4.78 is 25.8. The molecule has 21 heavy (non-hydrogen) atoms. The molecule has 0 heterocycles. The molecule has 0 saturated heterocycles. The molecular weight excluding hydrogens is 290 g/mol. The number of sulfonamides is 1. The molecule has 2 N–H and O–H groups in total. The van der Waals surface area contributed by atoms with Crippen LogP contribution in [-0.4, -0.2) is 57.8 Å². The number of carbonyl (C=O) groups is 1. The van der Waals surface area contributed by atoms with E-state index in [-0.39, 0.29) is 23.9 Å². The Bertz CT molecular complexity index is 672. The molecule has 114 valence electrons. The number of hydrogen-bond acceptors (Lipinski definition) is 4. The summed E-state index contributed by atoms with van der Waals surface area (Å²) in [5.74, 6) is 5.16. The quantitative estimate of drug-likeness (QED) is 0.774. The van der Waals surface area contributed by atoms with E-state index < -0.39 is 10.0 Å². The summed E-state index contributed by atoms with van der Waals surface area (Å²) in [7, 11) is 0.792. The first kappa shape index (κ1) is 17.2. The minimum absolute atomic E-state index is 0.0976. The van der Waals surface area contributed by atoms with E-state index in [9.17, 15) is 13.2 Å². The lowest BCUT2D eigenvalue weighted by molar-refractivity contribution is -0.128. The fraction of sp³-hybridized carbons (Fsp3) is 0.357. The van der Waals surface area contributed by atoms with Gasteiger partial charge in [-0.3, -0.25) is 4.79 Å². The van der Waals surface area contributed by atoms with E-state index in [1.165, 1.54) is 24.1 Å².